The first kappa shape index (κ1) is 19.3. The molecule has 2 amide bonds. The number of amides is 2. The van der Waals surface area contributed by atoms with Gasteiger partial charge in [0.2, 0.25) is 0 Å². The molecule has 0 spiro atoms. The average molecular weight is 418 g/mol. The minimum absolute atomic E-state index is 0.0159. The number of alkyl halides is 3. The fourth-order valence-corrected chi connectivity index (χ4v) is 4.05. The Kier molecular flexibility index (Phi) is 4.46. The molecule has 2 aromatic rings. The second kappa shape index (κ2) is 6.48. The third kappa shape index (κ3) is 2.98. The van der Waals surface area contributed by atoms with Crippen molar-refractivity contribution in [2.75, 3.05) is 18.1 Å². The molecule has 7 nitrogen and oxygen atoms in total. The van der Waals surface area contributed by atoms with Crippen molar-refractivity contribution in [3.63, 3.8) is 0 Å². The summed E-state index contributed by atoms with van der Waals surface area (Å²) in [4.78, 5) is 18.1. The van der Waals surface area contributed by atoms with Crippen molar-refractivity contribution in [3.8, 4) is 0 Å². The van der Waals surface area contributed by atoms with E-state index in [0.29, 0.717) is 19.4 Å². The number of anilines is 1. The van der Waals surface area contributed by atoms with Gasteiger partial charge in [-0.1, -0.05) is 11.6 Å². The van der Waals surface area contributed by atoms with Crippen LogP contribution in [-0.2, 0) is 10.2 Å². The van der Waals surface area contributed by atoms with Crippen LogP contribution in [0.1, 0.15) is 32.4 Å². The third-order valence-electron chi connectivity index (χ3n) is 5.41. The molecule has 0 saturated carbocycles. The molecular weight excluding hydrogens is 399 g/mol. The van der Waals surface area contributed by atoms with Crippen LogP contribution in [0.15, 0.2) is 12.3 Å². The van der Waals surface area contributed by atoms with Gasteiger partial charge >= 0.3 is 12.2 Å². The number of urea groups is 1. The largest absolute Gasteiger partial charge is 0.401 e. The second-order valence-corrected chi connectivity index (χ2v) is 7.88. The van der Waals surface area contributed by atoms with Gasteiger partial charge in [-0.25, -0.2) is 14.3 Å². The van der Waals surface area contributed by atoms with Crippen molar-refractivity contribution in [2.45, 2.75) is 50.4 Å². The van der Waals surface area contributed by atoms with Gasteiger partial charge in [-0.3, -0.25) is 4.90 Å². The van der Waals surface area contributed by atoms with Crippen molar-refractivity contribution < 1.29 is 22.7 Å². The molecule has 1 saturated heterocycles. The van der Waals surface area contributed by atoms with E-state index in [9.17, 15) is 18.0 Å². The first-order chi connectivity index (χ1) is 13.1. The Hall–Kier alpha value is -2.07. The standard InChI is InChI=1S/C17H19ClF3N5O2/c1-9-5-10(3-4-28-9)23-15(27)25-8-16(2,17(19,20)21)14-11(25)7-22-13-6-12(18)24-26(13)14/h6-7,9-10H,3-5,8H2,1-2H3,(H,23,27)/t9?,10?,16-/m1/s1. The number of rotatable bonds is 1. The quantitative estimate of drug-likeness (QED) is 0.772. The van der Waals surface area contributed by atoms with Crippen LogP contribution >= 0.6 is 11.6 Å². The predicted molar refractivity (Wildman–Crippen MR) is 95.7 cm³/mol. The number of hydrogen-bond acceptors (Lipinski definition) is 4. The molecule has 2 aliphatic rings. The van der Waals surface area contributed by atoms with Crippen LogP contribution in [0.2, 0.25) is 5.15 Å². The lowest BCUT2D eigenvalue weighted by molar-refractivity contribution is -0.181. The van der Waals surface area contributed by atoms with Crippen molar-refractivity contribution in [1.82, 2.24) is 19.9 Å². The molecule has 152 valence electrons. The Balaban J connectivity index is 1.73. The molecule has 2 unspecified atom stereocenters. The van der Waals surface area contributed by atoms with Gasteiger partial charge in [-0.05, 0) is 26.7 Å². The molecule has 0 radical (unpaired) electrons. The molecule has 0 bridgehead atoms. The Labute approximate surface area is 163 Å². The smallest absolute Gasteiger partial charge is 0.378 e. The Bertz CT molecular complexity index is 933. The first-order valence-electron chi connectivity index (χ1n) is 8.91. The summed E-state index contributed by atoms with van der Waals surface area (Å²) in [5.74, 6) is 0. The molecule has 4 rings (SSSR count). The van der Waals surface area contributed by atoms with Crippen LogP contribution in [0.25, 0.3) is 5.65 Å². The van der Waals surface area contributed by atoms with Crippen molar-refractivity contribution in [2.24, 2.45) is 0 Å². The molecule has 1 fully saturated rings. The molecule has 11 heteroatoms. The van der Waals surface area contributed by atoms with E-state index in [2.05, 4.69) is 15.4 Å². The van der Waals surface area contributed by atoms with Crippen molar-refractivity contribution >= 4 is 29.0 Å². The minimum atomic E-state index is -4.60. The Morgan fingerprint density at radius 1 is 1.46 bits per heavy atom. The summed E-state index contributed by atoms with van der Waals surface area (Å²) in [6.07, 6.45) is -2.13. The second-order valence-electron chi connectivity index (χ2n) is 7.50. The molecule has 3 atom stereocenters. The van der Waals surface area contributed by atoms with Crippen molar-refractivity contribution in [3.05, 3.63) is 23.1 Å². The third-order valence-corrected chi connectivity index (χ3v) is 5.59. The number of fused-ring (bicyclic) bond motifs is 3. The minimum Gasteiger partial charge on any atom is -0.378 e. The van der Waals surface area contributed by atoms with E-state index in [1.54, 1.807) is 0 Å². The summed E-state index contributed by atoms with van der Waals surface area (Å²) >= 11 is 5.88. The van der Waals surface area contributed by atoms with Crippen LogP contribution in [0.4, 0.5) is 23.7 Å². The van der Waals surface area contributed by atoms with Crippen LogP contribution < -0.4 is 10.2 Å². The van der Waals surface area contributed by atoms with Crippen LogP contribution in [-0.4, -0.2) is 52.1 Å². The summed E-state index contributed by atoms with van der Waals surface area (Å²) in [6.45, 7) is 2.89. The van der Waals surface area contributed by atoms with E-state index >= 15 is 0 Å². The summed E-state index contributed by atoms with van der Waals surface area (Å²) < 4.78 is 48.6. The summed E-state index contributed by atoms with van der Waals surface area (Å²) in [7, 11) is 0. The fraction of sp³-hybridized carbons (Fsp3) is 0.588. The highest BCUT2D eigenvalue weighted by Crippen LogP contribution is 2.49. The van der Waals surface area contributed by atoms with Crippen LogP contribution in [0.3, 0.4) is 0 Å². The van der Waals surface area contributed by atoms with Gasteiger partial charge in [0.25, 0.3) is 0 Å². The molecule has 1 N–H and O–H groups in total. The van der Waals surface area contributed by atoms with Crippen molar-refractivity contribution in [1.29, 1.82) is 0 Å². The van der Waals surface area contributed by atoms with E-state index < -0.39 is 24.2 Å². The van der Waals surface area contributed by atoms with Gasteiger partial charge in [0.05, 0.1) is 23.7 Å². The molecule has 2 aliphatic heterocycles. The predicted octanol–water partition coefficient (Wildman–Crippen LogP) is 3.30. The number of nitrogens with zero attached hydrogens (tertiary/aromatic N) is 4. The van der Waals surface area contributed by atoms with E-state index in [-0.39, 0.29) is 34.3 Å². The Morgan fingerprint density at radius 3 is 2.89 bits per heavy atom. The van der Waals surface area contributed by atoms with E-state index in [1.807, 2.05) is 6.92 Å². The van der Waals surface area contributed by atoms with Gasteiger partial charge in [0.1, 0.15) is 5.41 Å². The number of aromatic nitrogens is 3. The summed E-state index contributed by atoms with van der Waals surface area (Å²) in [6, 6.07) is 0.631. The maximum atomic E-state index is 14.0. The van der Waals surface area contributed by atoms with Gasteiger partial charge < -0.3 is 10.1 Å². The number of carbonyl (C=O) groups excluding carboxylic acids is 1. The van der Waals surface area contributed by atoms with Gasteiger partial charge in [0.15, 0.2) is 10.8 Å². The number of carbonyl (C=O) groups is 1. The topological polar surface area (TPSA) is 71.8 Å². The number of halogens is 4. The van der Waals surface area contributed by atoms with Gasteiger partial charge in [0, 0.05) is 25.3 Å². The zero-order valence-electron chi connectivity index (χ0n) is 15.3. The lowest BCUT2D eigenvalue weighted by atomic mass is 9.88. The maximum absolute atomic E-state index is 14.0. The van der Waals surface area contributed by atoms with Crippen LogP contribution in [0.5, 0.6) is 0 Å². The Morgan fingerprint density at radius 2 is 2.21 bits per heavy atom. The van der Waals surface area contributed by atoms with E-state index in [4.69, 9.17) is 16.3 Å². The molecule has 4 heterocycles. The number of nitrogens with one attached hydrogen (secondary N) is 1. The van der Waals surface area contributed by atoms with Gasteiger partial charge in [-0.15, -0.1) is 0 Å². The average Bonchev–Trinajstić information content (AvgIpc) is 3.12. The summed E-state index contributed by atoms with van der Waals surface area (Å²) in [5.41, 5.74) is -2.18. The highest BCUT2D eigenvalue weighted by molar-refractivity contribution is 6.29. The number of ether oxygens (including phenoxy) is 1. The fourth-order valence-electron chi connectivity index (χ4n) is 3.87. The molecule has 0 aliphatic carbocycles. The van der Waals surface area contributed by atoms with Gasteiger partial charge in [-0.2, -0.15) is 18.3 Å². The first-order valence-corrected chi connectivity index (χ1v) is 9.29. The monoisotopic (exact) mass is 417 g/mol. The van der Waals surface area contributed by atoms with E-state index in [1.165, 1.54) is 12.3 Å². The zero-order valence-corrected chi connectivity index (χ0v) is 16.0. The SMILES string of the molecule is CC1CC(NC(=O)N2C[C@@](C)(C(F)(F)F)c3c2cnc2cc(Cl)nn32)CCO1. The lowest BCUT2D eigenvalue weighted by Gasteiger charge is -2.31. The van der Waals surface area contributed by atoms with E-state index in [0.717, 1.165) is 16.3 Å². The van der Waals surface area contributed by atoms with Crippen LogP contribution in [0, 0.1) is 0 Å². The summed E-state index contributed by atoms with van der Waals surface area (Å²) in [5, 5.41) is 6.82. The molecular formula is C17H19ClF3N5O2. The normalized spacial score (nSPS) is 27.9. The lowest BCUT2D eigenvalue weighted by Crippen LogP contribution is -2.51. The number of hydrogen-bond donors (Lipinski definition) is 1. The highest BCUT2D eigenvalue weighted by Gasteiger charge is 2.60. The molecule has 0 aromatic carbocycles. The maximum Gasteiger partial charge on any atom is 0.401 e. The highest BCUT2D eigenvalue weighted by atomic mass is 35.5. The molecule has 2 aromatic heterocycles. The molecule has 28 heavy (non-hydrogen) atoms. The zero-order chi connectivity index (χ0) is 20.3.